The molecule has 3 N–H and O–H groups in total. The maximum absolute atomic E-state index is 13.2. The number of aliphatic hydroxyl groups is 2. The number of carbonyl (C=O) groups excluding carboxylic acids is 2. The van der Waals surface area contributed by atoms with Crippen molar-refractivity contribution in [2.24, 2.45) is 0 Å². The van der Waals surface area contributed by atoms with Crippen molar-refractivity contribution in [1.29, 1.82) is 0 Å². The van der Waals surface area contributed by atoms with Crippen LogP contribution >= 0.6 is 0 Å². The molecular formula is C56H91NO5. The predicted molar refractivity (Wildman–Crippen MR) is 268 cm³/mol. The van der Waals surface area contributed by atoms with Gasteiger partial charge in [0.05, 0.1) is 25.2 Å². The SMILES string of the molecule is CC/C=C\C/C=C\C/C=C\C/C=C\C/C=C\CCCC(=O)OC(CCC/C=C/C=C\C=C/C=C/C=C/CC)CC(=O)NC(CO)C(O)CCCCCCCCCCCCCCC. The molecule has 6 nitrogen and oxygen atoms in total. The van der Waals surface area contributed by atoms with Gasteiger partial charge in [0, 0.05) is 6.42 Å². The molecule has 0 spiro atoms. The molecule has 0 radical (unpaired) electrons. The van der Waals surface area contributed by atoms with Gasteiger partial charge in [-0.1, -0.05) is 226 Å². The number of nitrogens with one attached hydrogen (secondary N) is 1. The summed E-state index contributed by atoms with van der Waals surface area (Å²) in [4.78, 5) is 26.1. The number of aliphatic hydroxyl groups excluding tert-OH is 2. The molecular weight excluding hydrogens is 767 g/mol. The molecule has 0 heterocycles. The van der Waals surface area contributed by atoms with Crippen molar-refractivity contribution in [2.45, 2.75) is 212 Å². The van der Waals surface area contributed by atoms with E-state index in [-0.39, 0.29) is 31.3 Å². The van der Waals surface area contributed by atoms with Crippen molar-refractivity contribution in [3.63, 3.8) is 0 Å². The Balaban J connectivity index is 4.80. The Labute approximate surface area is 380 Å². The molecule has 0 saturated heterocycles. The van der Waals surface area contributed by atoms with E-state index in [0.29, 0.717) is 19.3 Å². The van der Waals surface area contributed by atoms with Gasteiger partial charge in [-0.3, -0.25) is 9.59 Å². The highest BCUT2D eigenvalue weighted by Crippen LogP contribution is 2.16. The summed E-state index contributed by atoms with van der Waals surface area (Å²) in [5.74, 6) is -0.629. The number of esters is 1. The second kappa shape index (κ2) is 48.3. The molecule has 1 amide bonds. The zero-order chi connectivity index (χ0) is 45.2. The topological polar surface area (TPSA) is 95.9 Å². The third-order valence-electron chi connectivity index (χ3n) is 10.4. The Morgan fingerprint density at radius 1 is 0.500 bits per heavy atom. The molecule has 0 aliphatic rings. The third kappa shape index (κ3) is 42.9. The van der Waals surface area contributed by atoms with Gasteiger partial charge in [-0.2, -0.15) is 0 Å². The zero-order valence-electron chi connectivity index (χ0n) is 39.7. The summed E-state index contributed by atoms with van der Waals surface area (Å²) >= 11 is 0. The van der Waals surface area contributed by atoms with Crippen LogP contribution in [0.2, 0.25) is 0 Å². The van der Waals surface area contributed by atoms with E-state index >= 15 is 0 Å². The van der Waals surface area contributed by atoms with Crippen molar-refractivity contribution >= 4 is 11.9 Å². The number of amides is 1. The predicted octanol–water partition coefficient (Wildman–Crippen LogP) is 14.9. The van der Waals surface area contributed by atoms with E-state index in [1.54, 1.807) is 0 Å². The highest BCUT2D eigenvalue weighted by Gasteiger charge is 2.23. The minimum atomic E-state index is -0.824. The normalized spacial score (nSPS) is 14.3. The first-order valence-electron chi connectivity index (χ1n) is 24.8. The number of unbranched alkanes of at least 4 members (excludes halogenated alkanes) is 14. The average molecular weight is 858 g/mol. The van der Waals surface area contributed by atoms with Crippen LogP contribution in [-0.2, 0) is 14.3 Å². The van der Waals surface area contributed by atoms with Crippen LogP contribution in [0.1, 0.15) is 194 Å². The largest absolute Gasteiger partial charge is 0.462 e. The lowest BCUT2D eigenvalue weighted by molar-refractivity contribution is -0.151. The third-order valence-corrected chi connectivity index (χ3v) is 10.4. The first-order chi connectivity index (χ1) is 30.5. The fourth-order valence-electron chi connectivity index (χ4n) is 6.73. The Morgan fingerprint density at radius 2 is 0.952 bits per heavy atom. The lowest BCUT2D eigenvalue weighted by Crippen LogP contribution is -2.46. The van der Waals surface area contributed by atoms with Gasteiger partial charge < -0.3 is 20.3 Å². The van der Waals surface area contributed by atoms with E-state index in [2.05, 4.69) is 99.0 Å². The molecule has 0 bridgehead atoms. The van der Waals surface area contributed by atoms with Crippen LogP contribution in [0.5, 0.6) is 0 Å². The molecule has 3 atom stereocenters. The minimum Gasteiger partial charge on any atom is -0.462 e. The van der Waals surface area contributed by atoms with Crippen molar-refractivity contribution in [3.05, 3.63) is 122 Å². The summed E-state index contributed by atoms with van der Waals surface area (Å²) in [5, 5.41) is 23.7. The number of hydrogen-bond donors (Lipinski definition) is 3. The van der Waals surface area contributed by atoms with Crippen molar-refractivity contribution in [1.82, 2.24) is 5.32 Å². The maximum atomic E-state index is 13.2. The second-order valence-corrected chi connectivity index (χ2v) is 16.2. The Morgan fingerprint density at radius 3 is 1.47 bits per heavy atom. The van der Waals surface area contributed by atoms with E-state index < -0.39 is 18.2 Å². The molecule has 0 aliphatic carbocycles. The van der Waals surface area contributed by atoms with E-state index in [1.807, 2.05) is 48.6 Å². The van der Waals surface area contributed by atoms with Gasteiger partial charge >= 0.3 is 5.97 Å². The van der Waals surface area contributed by atoms with E-state index in [1.165, 1.54) is 64.2 Å². The average Bonchev–Trinajstić information content (AvgIpc) is 3.26. The van der Waals surface area contributed by atoms with Crippen LogP contribution < -0.4 is 5.32 Å². The van der Waals surface area contributed by atoms with Gasteiger partial charge in [0.25, 0.3) is 0 Å². The molecule has 6 heteroatoms. The van der Waals surface area contributed by atoms with Crippen LogP contribution in [0.3, 0.4) is 0 Å². The Kier molecular flexibility index (Phi) is 45.4. The number of rotatable bonds is 42. The fraction of sp³-hybridized carbons (Fsp3) is 0.607. The molecule has 0 aromatic carbocycles. The first-order valence-corrected chi connectivity index (χ1v) is 24.8. The van der Waals surface area contributed by atoms with Crippen LogP contribution in [0.15, 0.2) is 122 Å². The lowest BCUT2D eigenvalue weighted by atomic mass is 10.0. The monoisotopic (exact) mass is 858 g/mol. The van der Waals surface area contributed by atoms with E-state index in [9.17, 15) is 19.8 Å². The summed E-state index contributed by atoms with van der Waals surface area (Å²) < 4.78 is 5.85. The summed E-state index contributed by atoms with van der Waals surface area (Å²) in [6, 6.07) is -0.744. The van der Waals surface area contributed by atoms with Crippen molar-refractivity contribution < 1.29 is 24.5 Å². The van der Waals surface area contributed by atoms with Crippen LogP contribution in [0.25, 0.3) is 0 Å². The number of hydrogen-bond acceptors (Lipinski definition) is 5. The number of ether oxygens (including phenoxy) is 1. The van der Waals surface area contributed by atoms with E-state index in [0.717, 1.165) is 77.0 Å². The van der Waals surface area contributed by atoms with Gasteiger partial charge in [0.15, 0.2) is 0 Å². The highest BCUT2D eigenvalue weighted by atomic mass is 16.5. The molecule has 0 aromatic rings. The van der Waals surface area contributed by atoms with Gasteiger partial charge in [-0.15, -0.1) is 0 Å². The second-order valence-electron chi connectivity index (χ2n) is 16.2. The highest BCUT2D eigenvalue weighted by molar-refractivity contribution is 5.77. The lowest BCUT2D eigenvalue weighted by Gasteiger charge is -2.24. The van der Waals surface area contributed by atoms with Gasteiger partial charge in [0.1, 0.15) is 6.10 Å². The Bertz CT molecular complexity index is 1330. The quantitative estimate of drug-likeness (QED) is 0.0246. The number of allylic oxidation sites excluding steroid dienone is 20. The van der Waals surface area contributed by atoms with Crippen LogP contribution in [0, 0.1) is 0 Å². The molecule has 0 saturated carbocycles. The van der Waals surface area contributed by atoms with Gasteiger partial charge in [-0.25, -0.2) is 0 Å². The zero-order valence-corrected chi connectivity index (χ0v) is 39.7. The van der Waals surface area contributed by atoms with Crippen LogP contribution in [-0.4, -0.2) is 46.9 Å². The molecule has 0 aromatic heterocycles. The molecule has 0 rings (SSSR count). The molecule has 3 unspecified atom stereocenters. The standard InChI is InChI=1S/C56H91NO5/c1-4-7-10-13-16-19-22-25-26-27-28-31-34-37-40-43-46-49-56(61)62-52(47-44-41-38-35-32-29-23-20-17-14-11-8-5-2)50-55(60)57-53(51-58)54(59)48-45-42-39-36-33-30-24-21-18-15-12-9-6-3/h7-8,10-11,14,16-17,19-20,23,25-26,28-29,31-32,35,37-38,40,52-54,58-59H,4-6,9,12-13,15,18,21-22,24,27,30,33-34,36,39,41-51H2,1-3H3,(H,57,60)/b10-7-,11-8+,17-14+,19-16-,23-20-,26-25-,31-28-,32-29-,38-35+,40-37-. The Hall–Kier alpha value is -3.74. The molecule has 0 fully saturated rings. The van der Waals surface area contributed by atoms with Gasteiger partial charge in [0.2, 0.25) is 5.91 Å². The van der Waals surface area contributed by atoms with Gasteiger partial charge in [-0.05, 0) is 77.0 Å². The summed E-state index contributed by atoms with van der Waals surface area (Å²) in [7, 11) is 0. The van der Waals surface area contributed by atoms with Crippen LogP contribution in [0.4, 0.5) is 0 Å². The summed E-state index contributed by atoms with van der Waals surface area (Å²) in [5.41, 5.74) is 0. The first kappa shape index (κ1) is 58.3. The fourth-order valence-corrected chi connectivity index (χ4v) is 6.73. The minimum absolute atomic E-state index is 0.00214. The smallest absolute Gasteiger partial charge is 0.306 e. The molecule has 62 heavy (non-hydrogen) atoms. The summed E-state index contributed by atoms with van der Waals surface area (Å²) in [6.07, 6.45) is 66.9. The summed E-state index contributed by atoms with van der Waals surface area (Å²) in [6.45, 7) is 6.17. The number of carbonyl (C=O) groups is 2. The molecule has 350 valence electrons. The van der Waals surface area contributed by atoms with E-state index in [4.69, 9.17) is 4.74 Å². The molecule has 0 aliphatic heterocycles. The maximum Gasteiger partial charge on any atom is 0.306 e. The van der Waals surface area contributed by atoms with Crippen molar-refractivity contribution in [2.75, 3.05) is 6.61 Å². The van der Waals surface area contributed by atoms with Crippen molar-refractivity contribution in [3.8, 4) is 0 Å².